The van der Waals surface area contributed by atoms with Gasteiger partial charge in [0.15, 0.2) is 0 Å². The molecule has 4 nitrogen and oxygen atoms in total. The van der Waals surface area contributed by atoms with Gasteiger partial charge in [0.25, 0.3) is 0 Å². The number of urea groups is 1. The van der Waals surface area contributed by atoms with Crippen molar-refractivity contribution in [2.45, 2.75) is 13.0 Å². The maximum atomic E-state index is 11.0. The average Bonchev–Trinajstić information content (AvgIpc) is 2.52. The number of nitrogens with two attached hydrogens (primary N) is 1. The Morgan fingerprint density at radius 2 is 1.71 bits per heavy atom. The third kappa shape index (κ3) is 3.85. The minimum atomic E-state index is -0.886. The van der Waals surface area contributed by atoms with Crippen LogP contribution in [0.25, 0.3) is 0 Å². The molecule has 0 heterocycles. The molecule has 0 saturated carbocycles. The van der Waals surface area contributed by atoms with Gasteiger partial charge >= 0.3 is 6.03 Å². The molecule has 2 amide bonds. The number of hydrogen-bond donors (Lipinski definition) is 2. The number of carbonyl (C=O) groups is 1. The van der Waals surface area contributed by atoms with Gasteiger partial charge in [-0.3, -0.25) is 5.21 Å². The summed E-state index contributed by atoms with van der Waals surface area (Å²) in [6.45, 7) is 1.69. The topological polar surface area (TPSA) is 66.6 Å². The van der Waals surface area contributed by atoms with Crippen molar-refractivity contribution >= 4 is 6.03 Å². The van der Waals surface area contributed by atoms with E-state index in [1.54, 1.807) is 6.92 Å². The molecule has 1 unspecified atom stereocenters. The lowest BCUT2D eigenvalue weighted by Crippen LogP contribution is -2.34. The van der Waals surface area contributed by atoms with Crippen LogP contribution in [0.15, 0.2) is 54.6 Å². The van der Waals surface area contributed by atoms with E-state index in [0.29, 0.717) is 5.06 Å². The minimum Gasteiger partial charge on any atom is -0.350 e. The zero-order chi connectivity index (χ0) is 15.2. The lowest BCUT2D eigenvalue weighted by molar-refractivity contribution is -0.0710. The van der Waals surface area contributed by atoms with Crippen LogP contribution in [0.1, 0.15) is 29.7 Å². The summed E-state index contributed by atoms with van der Waals surface area (Å²) >= 11 is 0. The number of benzene rings is 2. The van der Waals surface area contributed by atoms with Crippen LogP contribution in [0.3, 0.4) is 0 Å². The molecule has 0 aliphatic rings. The highest BCUT2D eigenvalue weighted by Crippen LogP contribution is 2.19. The highest BCUT2D eigenvalue weighted by atomic mass is 16.5. The lowest BCUT2D eigenvalue weighted by atomic mass is 10.0. The molecule has 0 fully saturated rings. The van der Waals surface area contributed by atoms with E-state index in [9.17, 15) is 10.0 Å². The van der Waals surface area contributed by atoms with E-state index in [2.05, 4.69) is 11.8 Å². The molecule has 4 heteroatoms. The van der Waals surface area contributed by atoms with Crippen LogP contribution in [0.5, 0.6) is 0 Å². The second kappa shape index (κ2) is 6.60. The first-order valence-electron chi connectivity index (χ1n) is 6.52. The van der Waals surface area contributed by atoms with Crippen molar-refractivity contribution < 1.29 is 10.0 Å². The molecule has 0 aromatic heterocycles. The minimum absolute atomic E-state index is 0.504. The largest absolute Gasteiger partial charge is 0.350 e. The Kier molecular flexibility index (Phi) is 4.60. The van der Waals surface area contributed by atoms with Gasteiger partial charge in [0, 0.05) is 11.1 Å². The Hall–Kier alpha value is -2.77. The molecule has 0 spiro atoms. The molecule has 0 aliphatic heterocycles. The van der Waals surface area contributed by atoms with E-state index < -0.39 is 12.1 Å². The normalized spacial score (nSPS) is 11.1. The van der Waals surface area contributed by atoms with Gasteiger partial charge in [-0.25, -0.2) is 4.79 Å². The smallest absolute Gasteiger partial charge is 0.339 e. The van der Waals surface area contributed by atoms with E-state index in [1.165, 1.54) is 0 Å². The first-order chi connectivity index (χ1) is 10.1. The van der Waals surface area contributed by atoms with Crippen molar-refractivity contribution in [1.82, 2.24) is 5.06 Å². The van der Waals surface area contributed by atoms with E-state index in [4.69, 9.17) is 5.73 Å². The molecular weight excluding hydrogens is 264 g/mol. The highest BCUT2D eigenvalue weighted by molar-refractivity contribution is 5.71. The van der Waals surface area contributed by atoms with Crippen LogP contribution < -0.4 is 5.73 Å². The van der Waals surface area contributed by atoms with Crippen molar-refractivity contribution in [1.29, 1.82) is 0 Å². The van der Waals surface area contributed by atoms with E-state index >= 15 is 0 Å². The van der Waals surface area contributed by atoms with E-state index in [-0.39, 0.29) is 0 Å². The predicted octanol–water partition coefficient (Wildman–Crippen LogP) is 2.92. The molecule has 0 radical (unpaired) electrons. The molecule has 21 heavy (non-hydrogen) atoms. The maximum Gasteiger partial charge on any atom is 0.339 e. The maximum absolute atomic E-state index is 11.0. The van der Waals surface area contributed by atoms with Crippen molar-refractivity contribution in [2.24, 2.45) is 5.73 Å². The van der Waals surface area contributed by atoms with Gasteiger partial charge in [-0.1, -0.05) is 42.2 Å². The summed E-state index contributed by atoms with van der Waals surface area (Å²) in [6.07, 6.45) is 0. The third-order valence-electron chi connectivity index (χ3n) is 3.09. The Bertz CT molecular complexity index is 687. The lowest BCUT2D eigenvalue weighted by Gasteiger charge is -2.20. The van der Waals surface area contributed by atoms with Gasteiger partial charge < -0.3 is 5.73 Å². The second-order valence-corrected chi connectivity index (χ2v) is 4.60. The molecular formula is C17H16N2O2. The first-order valence-corrected chi connectivity index (χ1v) is 6.52. The fourth-order valence-electron chi connectivity index (χ4n) is 1.87. The quantitative estimate of drug-likeness (QED) is 0.504. The molecule has 3 N–H and O–H groups in total. The summed E-state index contributed by atoms with van der Waals surface area (Å²) in [5.41, 5.74) is 7.55. The van der Waals surface area contributed by atoms with Crippen LogP contribution in [-0.2, 0) is 0 Å². The standard InChI is InChI=1S/C17H16N2O2/c1-13(19(21)17(18)20)16-9-5-8-15(12-16)11-10-14-6-3-2-4-7-14/h2-9,12-13,21H,1H3,(H2,18,20). The zero-order valence-corrected chi connectivity index (χ0v) is 11.7. The first kappa shape index (κ1) is 14.6. The van der Waals surface area contributed by atoms with Crippen molar-refractivity contribution in [3.63, 3.8) is 0 Å². The zero-order valence-electron chi connectivity index (χ0n) is 11.7. The number of nitrogens with zero attached hydrogens (tertiary/aromatic N) is 1. The molecule has 0 saturated heterocycles. The van der Waals surface area contributed by atoms with Crippen LogP contribution in [-0.4, -0.2) is 16.3 Å². The molecule has 0 aliphatic carbocycles. The monoisotopic (exact) mass is 280 g/mol. The Balaban J connectivity index is 2.23. The molecule has 2 aromatic carbocycles. The van der Waals surface area contributed by atoms with Gasteiger partial charge in [-0.05, 0) is 36.8 Å². The van der Waals surface area contributed by atoms with Gasteiger partial charge in [-0.15, -0.1) is 0 Å². The number of hydroxylamine groups is 2. The predicted molar refractivity (Wildman–Crippen MR) is 80.5 cm³/mol. The third-order valence-corrected chi connectivity index (χ3v) is 3.09. The van der Waals surface area contributed by atoms with Crippen LogP contribution in [0.2, 0.25) is 0 Å². The Morgan fingerprint density at radius 1 is 1.10 bits per heavy atom. The molecule has 106 valence electrons. The van der Waals surface area contributed by atoms with Gasteiger partial charge in [0.2, 0.25) is 0 Å². The molecule has 2 aromatic rings. The number of hydrogen-bond acceptors (Lipinski definition) is 2. The molecule has 1 atom stereocenters. The van der Waals surface area contributed by atoms with Crippen molar-refractivity contribution in [3.05, 3.63) is 71.3 Å². The number of carbonyl (C=O) groups excluding carboxylic acids is 1. The van der Waals surface area contributed by atoms with Crippen LogP contribution in [0, 0.1) is 11.8 Å². The summed E-state index contributed by atoms with van der Waals surface area (Å²) in [7, 11) is 0. The SMILES string of the molecule is CC(c1cccc(C#Cc2ccccc2)c1)N(O)C(N)=O. The Labute approximate surface area is 123 Å². The van der Waals surface area contributed by atoms with E-state index in [0.717, 1.165) is 16.7 Å². The van der Waals surface area contributed by atoms with Gasteiger partial charge in [0.05, 0.1) is 6.04 Å². The van der Waals surface area contributed by atoms with Crippen molar-refractivity contribution in [3.8, 4) is 11.8 Å². The van der Waals surface area contributed by atoms with Crippen LogP contribution in [0.4, 0.5) is 4.79 Å². The molecule has 2 rings (SSSR count). The second-order valence-electron chi connectivity index (χ2n) is 4.60. The fraction of sp³-hybridized carbons (Fsp3) is 0.118. The number of rotatable bonds is 2. The fourth-order valence-corrected chi connectivity index (χ4v) is 1.87. The summed E-state index contributed by atoms with van der Waals surface area (Å²) in [5, 5.41) is 10.1. The van der Waals surface area contributed by atoms with Gasteiger partial charge in [0.1, 0.15) is 0 Å². The summed E-state index contributed by atoms with van der Waals surface area (Å²) in [5.74, 6) is 6.12. The summed E-state index contributed by atoms with van der Waals surface area (Å²) in [6, 6.07) is 15.6. The number of primary amides is 1. The Morgan fingerprint density at radius 3 is 2.38 bits per heavy atom. The van der Waals surface area contributed by atoms with E-state index in [1.807, 2.05) is 54.6 Å². The van der Waals surface area contributed by atoms with Crippen LogP contribution >= 0.6 is 0 Å². The summed E-state index contributed by atoms with van der Waals surface area (Å²) < 4.78 is 0. The highest BCUT2D eigenvalue weighted by Gasteiger charge is 2.16. The molecule has 0 bridgehead atoms. The summed E-state index contributed by atoms with van der Waals surface area (Å²) in [4.78, 5) is 11.0. The van der Waals surface area contributed by atoms with Crippen molar-refractivity contribution in [2.75, 3.05) is 0 Å². The van der Waals surface area contributed by atoms with Gasteiger partial charge in [-0.2, -0.15) is 5.06 Å². The number of amides is 2. The average molecular weight is 280 g/mol.